The Balaban J connectivity index is 2.24. The maximum Gasteiger partial charge on any atom is 0.146 e. The van der Waals surface area contributed by atoms with E-state index in [1.807, 2.05) is 30.0 Å². The number of para-hydroxylation sites is 1. The fourth-order valence-corrected chi connectivity index (χ4v) is 2.37. The molecule has 0 spiro atoms. The number of rotatable bonds is 4. The molecule has 2 aromatic carbocycles. The van der Waals surface area contributed by atoms with Crippen molar-refractivity contribution in [3.8, 4) is 5.75 Å². The minimum Gasteiger partial charge on any atom is -0.507 e. The van der Waals surface area contributed by atoms with Gasteiger partial charge in [-0.25, -0.2) is 4.39 Å². The highest BCUT2D eigenvalue weighted by Gasteiger charge is 2.10. The quantitative estimate of drug-likeness (QED) is 0.905. The summed E-state index contributed by atoms with van der Waals surface area (Å²) in [6.07, 6.45) is 0. The standard InChI is InChI=1S/C15H15BrFNO/c1-2-18(14-6-4-3-5-13(14)17)10-11-7-8-15(19)12(16)9-11/h3-9,19H,2,10H2,1H3. The van der Waals surface area contributed by atoms with E-state index >= 15 is 0 Å². The second-order valence-electron chi connectivity index (χ2n) is 4.25. The van der Waals surface area contributed by atoms with Crippen LogP contribution in [0.3, 0.4) is 0 Å². The van der Waals surface area contributed by atoms with Gasteiger partial charge in [-0.3, -0.25) is 0 Å². The van der Waals surface area contributed by atoms with Crippen LogP contribution in [0.15, 0.2) is 46.9 Å². The first-order valence-electron chi connectivity index (χ1n) is 6.08. The molecule has 0 aliphatic rings. The van der Waals surface area contributed by atoms with Gasteiger partial charge in [0.1, 0.15) is 11.6 Å². The maximum absolute atomic E-state index is 13.8. The van der Waals surface area contributed by atoms with E-state index in [2.05, 4.69) is 15.9 Å². The normalized spacial score (nSPS) is 10.5. The van der Waals surface area contributed by atoms with Crippen LogP contribution in [0.4, 0.5) is 10.1 Å². The highest BCUT2D eigenvalue weighted by molar-refractivity contribution is 9.10. The Bertz CT molecular complexity index is 574. The van der Waals surface area contributed by atoms with E-state index in [0.29, 0.717) is 23.2 Å². The predicted octanol–water partition coefficient (Wildman–Crippen LogP) is 4.32. The number of phenols is 1. The summed E-state index contributed by atoms with van der Waals surface area (Å²) in [6.45, 7) is 3.29. The lowest BCUT2D eigenvalue weighted by atomic mass is 10.2. The third-order valence-electron chi connectivity index (χ3n) is 2.96. The van der Waals surface area contributed by atoms with E-state index in [-0.39, 0.29) is 11.6 Å². The first-order valence-corrected chi connectivity index (χ1v) is 6.88. The molecule has 0 atom stereocenters. The van der Waals surface area contributed by atoms with E-state index in [4.69, 9.17) is 0 Å². The number of aromatic hydroxyl groups is 1. The monoisotopic (exact) mass is 323 g/mol. The molecule has 2 nitrogen and oxygen atoms in total. The molecule has 19 heavy (non-hydrogen) atoms. The van der Waals surface area contributed by atoms with E-state index in [1.165, 1.54) is 6.07 Å². The molecule has 2 aromatic rings. The van der Waals surface area contributed by atoms with Gasteiger partial charge in [-0.05, 0) is 52.7 Å². The summed E-state index contributed by atoms with van der Waals surface area (Å²) in [4.78, 5) is 1.95. The zero-order valence-corrected chi connectivity index (χ0v) is 12.2. The van der Waals surface area contributed by atoms with E-state index in [9.17, 15) is 9.50 Å². The van der Waals surface area contributed by atoms with E-state index < -0.39 is 0 Å². The fourth-order valence-electron chi connectivity index (χ4n) is 1.94. The second kappa shape index (κ2) is 6.06. The molecule has 0 saturated carbocycles. The van der Waals surface area contributed by atoms with Crippen LogP contribution in [0.5, 0.6) is 5.75 Å². The zero-order valence-electron chi connectivity index (χ0n) is 10.6. The predicted molar refractivity (Wildman–Crippen MR) is 78.9 cm³/mol. The van der Waals surface area contributed by atoms with Crippen molar-refractivity contribution in [2.75, 3.05) is 11.4 Å². The Morgan fingerprint density at radius 3 is 2.58 bits per heavy atom. The largest absolute Gasteiger partial charge is 0.507 e. The molecule has 0 aromatic heterocycles. The van der Waals surface area contributed by atoms with Crippen molar-refractivity contribution in [3.05, 3.63) is 58.3 Å². The molecule has 0 saturated heterocycles. The van der Waals surface area contributed by atoms with Crippen LogP contribution in [0.1, 0.15) is 12.5 Å². The van der Waals surface area contributed by atoms with Crippen LogP contribution in [-0.2, 0) is 6.54 Å². The molecule has 4 heteroatoms. The lowest BCUT2D eigenvalue weighted by Crippen LogP contribution is -2.23. The van der Waals surface area contributed by atoms with E-state index in [1.54, 1.807) is 18.2 Å². The van der Waals surface area contributed by atoms with Gasteiger partial charge in [0.25, 0.3) is 0 Å². The SMILES string of the molecule is CCN(Cc1ccc(O)c(Br)c1)c1ccccc1F. The summed E-state index contributed by atoms with van der Waals surface area (Å²) in [5.74, 6) is -0.0140. The van der Waals surface area contributed by atoms with Crippen LogP contribution in [-0.4, -0.2) is 11.7 Å². The van der Waals surface area contributed by atoms with Gasteiger partial charge in [-0.2, -0.15) is 0 Å². The Morgan fingerprint density at radius 2 is 1.95 bits per heavy atom. The van der Waals surface area contributed by atoms with Crippen LogP contribution in [0.25, 0.3) is 0 Å². The van der Waals surface area contributed by atoms with E-state index in [0.717, 1.165) is 5.56 Å². The number of nitrogens with zero attached hydrogens (tertiary/aromatic N) is 1. The summed E-state index contributed by atoms with van der Waals surface area (Å²) in [5.41, 5.74) is 1.60. The number of halogens is 2. The van der Waals surface area contributed by atoms with Crippen LogP contribution in [0, 0.1) is 5.82 Å². The molecule has 0 aliphatic heterocycles. The molecule has 0 heterocycles. The molecule has 0 fully saturated rings. The molecular weight excluding hydrogens is 309 g/mol. The van der Waals surface area contributed by atoms with Crippen molar-refractivity contribution in [2.45, 2.75) is 13.5 Å². The van der Waals surface area contributed by atoms with Crippen molar-refractivity contribution in [3.63, 3.8) is 0 Å². The van der Waals surface area contributed by atoms with Gasteiger partial charge < -0.3 is 10.0 Å². The average molecular weight is 324 g/mol. The lowest BCUT2D eigenvalue weighted by Gasteiger charge is -2.23. The molecule has 0 amide bonds. The third kappa shape index (κ3) is 3.26. The first kappa shape index (κ1) is 13.9. The molecular formula is C15H15BrFNO. The van der Waals surface area contributed by atoms with Crippen molar-refractivity contribution in [1.82, 2.24) is 0 Å². The van der Waals surface area contributed by atoms with Crippen molar-refractivity contribution in [1.29, 1.82) is 0 Å². The van der Waals surface area contributed by atoms with Crippen LogP contribution >= 0.6 is 15.9 Å². The smallest absolute Gasteiger partial charge is 0.146 e. The topological polar surface area (TPSA) is 23.5 Å². The molecule has 0 radical (unpaired) electrons. The van der Waals surface area contributed by atoms with Gasteiger partial charge in [0.05, 0.1) is 10.2 Å². The maximum atomic E-state index is 13.8. The van der Waals surface area contributed by atoms with Gasteiger partial charge in [-0.1, -0.05) is 18.2 Å². The molecule has 2 rings (SSSR count). The van der Waals surface area contributed by atoms with Crippen molar-refractivity contribution in [2.24, 2.45) is 0 Å². The minimum absolute atomic E-state index is 0.206. The Hall–Kier alpha value is -1.55. The summed E-state index contributed by atoms with van der Waals surface area (Å²) in [7, 11) is 0. The lowest BCUT2D eigenvalue weighted by molar-refractivity contribution is 0.471. The van der Waals surface area contributed by atoms with Crippen molar-refractivity contribution >= 4 is 21.6 Å². The number of anilines is 1. The summed E-state index contributed by atoms with van der Waals surface area (Å²) in [6, 6.07) is 12.1. The molecule has 1 N–H and O–H groups in total. The average Bonchev–Trinajstić information content (AvgIpc) is 2.41. The molecule has 100 valence electrons. The Labute approximate surface area is 120 Å². The van der Waals surface area contributed by atoms with Gasteiger partial charge in [0, 0.05) is 13.1 Å². The number of phenolic OH excluding ortho intramolecular Hbond substituents is 1. The zero-order chi connectivity index (χ0) is 13.8. The van der Waals surface area contributed by atoms with Crippen molar-refractivity contribution < 1.29 is 9.50 Å². The number of benzene rings is 2. The van der Waals surface area contributed by atoms with Gasteiger partial charge in [0.2, 0.25) is 0 Å². The summed E-state index contributed by atoms with van der Waals surface area (Å²) >= 11 is 3.29. The minimum atomic E-state index is -0.220. The van der Waals surface area contributed by atoms with Gasteiger partial charge >= 0.3 is 0 Å². The number of hydrogen-bond acceptors (Lipinski definition) is 2. The Kier molecular flexibility index (Phi) is 4.43. The Morgan fingerprint density at radius 1 is 1.21 bits per heavy atom. The highest BCUT2D eigenvalue weighted by atomic mass is 79.9. The van der Waals surface area contributed by atoms with Gasteiger partial charge in [0.15, 0.2) is 0 Å². The fraction of sp³-hybridized carbons (Fsp3) is 0.200. The molecule has 0 bridgehead atoms. The van der Waals surface area contributed by atoms with Crippen LogP contribution in [0.2, 0.25) is 0 Å². The first-order chi connectivity index (χ1) is 9.11. The van der Waals surface area contributed by atoms with Gasteiger partial charge in [-0.15, -0.1) is 0 Å². The third-order valence-corrected chi connectivity index (χ3v) is 3.60. The van der Waals surface area contributed by atoms with Crippen LogP contribution < -0.4 is 4.90 Å². The molecule has 0 aliphatic carbocycles. The highest BCUT2D eigenvalue weighted by Crippen LogP contribution is 2.26. The summed E-state index contributed by atoms with van der Waals surface area (Å²) < 4.78 is 14.4. The number of hydrogen-bond donors (Lipinski definition) is 1. The molecule has 0 unspecified atom stereocenters. The summed E-state index contributed by atoms with van der Waals surface area (Å²) in [5, 5.41) is 9.48. The second-order valence-corrected chi connectivity index (χ2v) is 5.11.